The first kappa shape index (κ1) is 12.3. The van der Waals surface area contributed by atoms with E-state index in [9.17, 15) is 20.4 Å². The molecule has 0 aliphatic heterocycles. The largest absolute Gasteiger partial charge is 0.368 e. The van der Waals surface area contributed by atoms with Gasteiger partial charge < -0.3 is 20.4 Å². The highest BCUT2D eigenvalue weighted by atomic mass is 16.5. The van der Waals surface area contributed by atoms with Crippen molar-refractivity contribution in [2.75, 3.05) is 0 Å². The van der Waals surface area contributed by atoms with Crippen LogP contribution in [-0.4, -0.2) is 33.0 Å². The second-order valence-electron chi connectivity index (χ2n) is 5.49. The standard InChI is InChI=1S/C12H22O4/c13-11(14)9-3-1-7-5-10(12(15)16)4-2-8(7)6-9/h7-16H,1-6H2. The lowest BCUT2D eigenvalue weighted by Crippen LogP contribution is -2.37. The van der Waals surface area contributed by atoms with Gasteiger partial charge in [0.1, 0.15) is 0 Å². The minimum absolute atomic E-state index is 0.0249. The smallest absolute Gasteiger partial charge is 0.154 e. The Morgan fingerprint density at radius 3 is 1.31 bits per heavy atom. The molecule has 16 heavy (non-hydrogen) atoms. The van der Waals surface area contributed by atoms with Crippen LogP contribution in [0.1, 0.15) is 38.5 Å². The van der Waals surface area contributed by atoms with E-state index in [0.29, 0.717) is 11.8 Å². The van der Waals surface area contributed by atoms with E-state index >= 15 is 0 Å². The Kier molecular flexibility index (Phi) is 3.85. The zero-order valence-electron chi connectivity index (χ0n) is 9.50. The molecular weight excluding hydrogens is 208 g/mol. The normalized spacial score (nSPS) is 40.1. The molecule has 0 aromatic rings. The van der Waals surface area contributed by atoms with Crippen molar-refractivity contribution in [2.24, 2.45) is 23.7 Å². The molecule has 0 heterocycles. The van der Waals surface area contributed by atoms with E-state index in [0.717, 1.165) is 38.5 Å². The number of aliphatic hydroxyl groups excluding tert-OH is 2. The van der Waals surface area contributed by atoms with Gasteiger partial charge in [-0.2, -0.15) is 0 Å². The maximum atomic E-state index is 9.18. The van der Waals surface area contributed by atoms with Crippen molar-refractivity contribution in [2.45, 2.75) is 51.1 Å². The van der Waals surface area contributed by atoms with Crippen LogP contribution in [0.3, 0.4) is 0 Å². The lowest BCUT2D eigenvalue weighted by Gasteiger charge is -2.42. The molecule has 4 heteroatoms. The fraction of sp³-hybridized carbons (Fsp3) is 1.00. The fourth-order valence-electron chi connectivity index (χ4n) is 3.50. The summed E-state index contributed by atoms with van der Waals surface area (Å²) in [6, 6.07) is 0. The first-order valence-electron chi connectivity index (χ1n) is 6.30. The Morgan fingerprint density at radius 1 is 0.625 bits per heavy atom. The van der Waals surface area contributed by atoms with Crippen LogP contribution >= 0.6 is 0 Å². The van der Waals surface area contributed by atoms with Crippen molar-refractivity contribution in [3.63, 3.8) is 0 Å². The summed E-state index contributed by atoms with van der Waals surface area (Å²) in [5.74, 6) is 1.15. The second kappa shape index (κ2) is 5.00. The number of aliphatic hydroxyl groups is 4. The molecule has 0 amide bonds. The summed E-state index contributed by atoms with van der Waals surface area (Å²) in [4.78, 5) is 0. The van der Waals surface area contributed by atoms with Crippen LogP contribution in [0, 0.1) is 23.7 Å². The fourth-order valence-corrected chi connectivity index (χ4v) is 3.50. The van der Waals surface area contributed by atoms with Crippen molar-refractivity contribution in [3.05, 3.63) is 0 Å². The van der Waals surface area contributed by atoms with Crippen LogP contribution in [0.4, 0.5) is 0 Å². The van der Waals surface area contributed by atoms with Crippen molar-refractivity contribution >= 4 is 0 Å². The van der Waals surface area contributed by atoms with Crippen molar-refractivity contribution < 1.29 is 20.4 Å². The highest BCUT2D eigenvalue weighted by Crippen LogP contribution is 2.45. The molecule has 0 aromatic heterocycles. The Bertz CT molecular complexity index is 205. The van der Waals surface area contributed by atoms with E-state index in [1.165, 1.54) is 0 Å². The van der Waals surface area contributed by atoms with Gasteiger partial charge in [0.15, 0.2) is 12.6 Å². The monoisotopic (exact) mass is 230 g/mol. The Labute approximate surface area is 95.9 Å². The minimum Gasteiger partial charge on any atom is -0.368 e. The van der Waals surface area contributed by atoms with Gasteiger partial charge >= 0.3 is 0 Å². The zero-order chi connectivity index (χ0) is 11.7. The van der Waals surface area contributed by atoms with Gasteiger partial charge in [0, 0.05) is 11.8 Å². The molecule has 2 saturated carbocycles. The van der Waals surface area contributed by atoms with Gasteiger partial charge in [-0.15, -0.1) is 0 Å². The number of hydrogen-bond acceptors (Lipinski definition) is 4. The predicted octanol–water partition coefficient (Wildman–Crippen LogP) is 0.440. The molecule has 0 bridgehead atoms. The van der Waals surface area contributed by atoms with Crippen molar-refractivity contribution in [3.8, 4) is 0 Å². The van der Waals surface area contributed by atoms with Gasteiger partial charge in [-0.1, -0.05) is 0 Å². The van der Waals surface area contributed by atoms with Crippen LogP contribution in [0.25, 0.3) is 0 Å². The van der Waals surface area contributed by atoms with E-state index in [-0.39, 0.29) is 11.8 Å². The third-order valence-electron chi connectivity index (χ3n) is 4.54. The second-order valence-corrected chi connectivity index (χ2v) is 5.49. The van der Waals surface area contributed by atoms with Crippen molar-refractivity contribution in [1.29, 1.82) is 0 Å². The predicted molar refractivity (Wildman–Crippen MR) is 58.1 cm³/mol. The topological polar surface area (TPSA) is 80.9 Å². The van der Waals surface area contributed by atoms with Crippen molar-refractivity contribution in [1.82, 2.24) is 0 Å². The third kappa shape index (κ3) is 2.56. The number of rotatable bonds is 2. The van der Waals surface area contributed by atoms with Gasteiger partial charge in [0.25, 0.3) is 0 Å². The van der Waals surface area contributed by atoms with Gasteiger partial charge in [0.2, 0.25) is 0 Å². The third-order valence-corrected chi connectivity index (χ3v) is 4.54. The molecule has 2 fully saturated rings. The Balaban J connectivity index is 1.90. The summed E-state index contributed by atoms with van der Waals surface area (Å²) in [6.07, 6.45) is 3.11. The molecule has 2 aliphatic rings. The first-order chi connectivity index (χ1) is 7.58. The molecule has 4 N–H and O–H groups in total. The summed E-state index contributed by atoms with van der Waals surface area (Å²) in [5, 5.41) is 36.7. The van der Waals surface area contributed by atoms with Crippen LogP contribution in [0.2, 0.25) is 0 Å². The molecule has 2 rings (SSSR count). The lowest BCUT2D eigenvalue weighted by molar-refractivity contribution is -0.126. The van der Waals surface area contributed by atoms with E-state index < -0.39 is 12.6 Å². The molecule has 4 nitrogen and oxygen atoms in total. The maximum Gasteiger partial charge on any atom is 0.154 e. The SMILES string of the molecule is OC(O)C1CCC2CC(C(O)O)CCC2C1. The van der Waals surface area contributed by atoms with Gasteiger partial charge in [-0.05, 0) is 50.4 Å². The summed E-state index contributed by atoms with van der Waals surface area (Å²) in [6.45, 7) is 0. The van der Waals surface area contributed by atoms with Crippen LogP contribution < -0.4 is 0 Å². The summed E-state index contributed by atoms with van der Waals surface area (Å²) >= 11 is 0. The number of fused-ring (bicyclic) bond motifs is 1. The van der Waals surface area contributed by atoms with E-state index in [4.69, 9.17) is 0 Å². The molecule has 0 aromatic carbocycles. The van der Waals surface area contributed by atoms with Gasteiger partial charge in [0.05, 0.1) is 0 Å². The van der Waals surface area contributed by atoms with Crippen LogP contribution in [0.15, 0.2) is 0 Å². The molecule has 4 atom stereocenters. The lowest BCUT2D eigenvalue weighted by atomic mass is 9.64. The average molecular weight is 230 g/mol. The molecular formula is C12H22O4. The summed E-state index contributed by atoms with van der Waals surface area (Å²) in [5.41, 5.74) is 0. The van der Waals surface area contributed by atoms with E-state index in [1.54, 1.807) is 0 Å². The highest BCUT2D eigenvalue weighted by molar-refractivity contribution is 4.87. The minimum atomic E-state index is -1.18. The summed E-state index contributed by atoms with van der Waals surface area (Å²) in [7, 11) is 0. The maximum absolute atomic E-state index is 9.18. The van der Waals surface area contributed by atoms with E-state index in [1.807, 2.05) is 0 Å². The Hall–Kier alpha value is -0.160. The number of hydrogen-bond donors (Lipinski definition) is 4. The van der Waals surface area contributed by atoms with Gasteiger partial charge in [-0.3, -0.25) is 0 Å². The average Bonchev–Trinajstić information content (AvgIpc) is 2.27. The first-order valence-corrected chi connectivity index (χ1v) is 6.30. The molecule has 4 unspecified atom stereocenters. The molecule has 0 radical (unpaired) electrons. The molecule has 0 spiro atoms. The quantitative estimate of drug-likeness (QED) is 0.519. The zero-order valence-corrected chi connectivity index (χ0v) is 9.50. The highest BCUT2D eigenvalue weighted by Gasteiger charge is 2.38. The Morgan fingerprint density at radius 2 is 1.00 bits per heavy atom. The summed E-state index contributed by atoms with van der Waals surface area (Å²) < 4.78 is 0. The molecule has 0 saturated heterocycles. The molecule has 94 valence electrons. The van der Waals surface area contributed by atoms with Crippen LogP contribution in [-0.2, 0) is 0 Å². The van der Waals surface area contributed by atoms with Crippen LogP contribution in [0.5, 0.6) is 0 Å². The van der Waals surface area contributed by atoms with E-state index in [2.05, 4.69) is 0 Å². The molecule has 2 aliphatic carbocycles. The van der Waals surface area contributed by atoms with Gasteiger partial charge in [-0.25, -0.2) is 0 Å².